The summed E-state index contributed by atoms with van der Waals surface area (Å²) in [7, 11) is 0. The molecular formula is C22H31NO2. The van der Waals surface area contributed by atoms with Crippen molar-refractivity contribution in [2.24, 2.45) is 0 Å². The minimum atomic E-state index is 0.564. The van der Waals surface area contributed by atoms with Crippen LogP contribution in [0.3, 0.4) is 0 Å². The molecule has 2 aromatic rings. The van der Waals surface area contributed by atoms with Crippen molar-refractivity contribution in [3.05, 3.63) is 59.2 Å². The third kappa shape index (κ3) is 5.23. The highest BCUT2D eigenvalue weighted by Crippen LogP contribution is 2.33. The molecule has 1 aliphatic rings. The molecule has 0 spiro atoms. The molecule has 1 saturated heterocycles. The summed E-state index contributed by atoms with van der Waals surface area (Å²) in [5.74, 6) is 2.27. The molecule has 3 heteroatoms. The lowest BCUT2D eigenvalue weighted by molar-refractivity contribution is 0.268. The molecule has 1 aliphatic heterocycles. The van der Waals surface area contributed by atoms with E-state index in [0.29, 0.717) is 19.1 Å². The predicted molar refractivity (Wildman–Crippen MR) is 105 cm³/mol. The summed E-state index contributed by atoms with van der Waals surface area (Å²) in [6.45, 7) is 11.5. The first-order valence-corrected chi connectivity index (χ1v) is 9.48. The summed E-state index contributed by atoms with van der Waals surface area (Å²) >= 11 is 0. The molecule has 0 atom stereocenters. The average molecular weight is 341 g/mol. The fourth-order valence-corrected chi connectivity index (χ4v) is 2.72. The second kappa shape index (κ2) is 10.1. The number of ether oxygens (including phenoxy) is 2. The van der Waals surface area contributed by atoms with E-state index in [1.807, 2.05) is 26.8 Å². The Morgan fingerprint density at radius 3 is 2.12 bits per heavy atom. The van der Waals surface area contributed by atoms with Gasteiger partial charge in [-0.2, -0.15) is 0 Å². The Balaban J connectivity index is 0.00000109. The molecule has 1 fully saturated rings. The van der Waals surface area contributed by atoms with Crippen LogP contribution in [0.5, 0.6) is 11.5 Å². The topological polar surface area (TPSA) is 30.5 Å². The largest absolute Gasteiger partial charge is 0.490 e. The SMILES string of the molecule is CC.CCOc1cc(C2CNC2)ccc1OCc1ccc(CC)cc1. The molecule has 3 rings (SSSR count). The Morgan fingerprint density at radius 2 is 1.56 bits per heavy atom. The van der Waals surface area contributed by atoms with Crippen molar-refractivity contribution in [2.45, 2.75) is 46.6 Å². The van der Waals surface area contributed by atoms with E-state index < -0.39 is 0 Å². The summed E-state index contributed by atoms with van der Waals surface area (Å²) in [4.78, 5) is 0. The Kier molecular flexibility index (Phi) is 7.80. The van der Waals surface area contributed by atoms with Crippen LogP contribution in [-0.2, 0) is 13.0 Å². The van der Waals surface area contributed by atoms with E-state index in [2.05, 4.69) is 48.6 Å². The van der Waals surface area contributed by atoms with E-state index >= 15 is 0 Å². The van der Waals surface area contributed by atoms with Gasteiger partial charge in [0.2, 0.25) is 0 Å². The molecule has 1 heterocycles. The van der Waals surface area contributed by atoms with Crippen LogP contribution in [0, 0.1) is 0 Å². The van der Waals surface area contributed by atoms with Crippen molar-refractivity contribution in [2.75, 3.05) is 19.7 Å². The molecule has 2 aromatic carbocycles. The van der Waals surface area contributed by atoms with Crippen LogP contribution < -0.4 is 14.8 Å². The van der Waals surface area contributed by atoms with Crippen LogP contribution in [0.4, 0.5) is 0 Å². The van der Waals surface area contributed by atoms with Gasteiger partial charge in [0, 0.05) is 19.0 Å². The van der Waals surface area contributed by atoms with Gasteiger partial charge in [0.05, 0.1) is 6.61 Å². The first-order valence-electron chi connectivity index (χ1n) is 9.48. The van der Waals surface area contributed by atoms with Crippen molar-refractivity contribution in [1.82, 2.24) is 5.32 Å². The second-order valence-corrected chi connectivity index (χ2v) is 5.95. The van der Waals surface area contributed by atoms with E-state index in [1.165, 1.54) is 16.7 Å². The number of nitrogens with one attached hydrogen (secondary N) is 1. The van der Waals surface area contributed by atoms with Gasteiger partial charge in [-0.3, -0.25) is 0 Å². The lowest BCUT2D eigenvalue weighted by atomic mass is 9.93. The summed E-state index contributed by atoms with van der Waals surface area (Å²) in [5, 5.41) is 3.31. The number of rotatable bonds is 7. The van der Waals surface area contributed by atoms with E-state index in [-0.39, 0.29) is 0 Å². The van der Waals surface area contributed by atoms with Gasteiger partial charge in [-0.05, 0) is 42.2 Å². The minimum absolute atomic E-state index is 0.564. The highest BCUT2D eigenvalue weighted by atomic mass is 16.5. The highest BCUT2D eigenvalue weighted by molar-refractivity contribution is 5.44. The van der Waals surface area contributed by atoms with Gasteiger partial charge in [-0.25, -0.2) is 0 Å². The lowest BCUT2D eigenvalue weighted by Crippen LogP contribution is -2.39. The summed E-state index contributed by atoms with van der Waals surface area (Å²) in [6, 6.07) is 14.9. The van der Waals surface area contributed by atoms with Crippen LogP contribution in [0.2, 0.25) is 0 Å². The molecule has 0 radical (unpaired) electrons. The monoisotopic (exact) mass is 341 g/mol. The Hall–Kier alpha value is -2.00. The Labute approximate surface area is 152 Å². The Bertz CT molecular complexity index is 633. The van der Waals surface area contributed by atoms with Gasteiger partial charge >= 0.3 is 0 Å². The van der Waals surface area contributed by atoms with Crippen molar-refractivity contribution < 1.29 is 9.47 Å². The predicted octanol–water partition coefficient (Wildman–Crippen LogP) is 4.94. The zero-order valence-corrected chi connectivity index (χ0v) is 16.0. The zero-order chi connectivity index (χ0) is 18.1. The molecule has 0 saturated carbocycles. The van der Waals surface area contributed by atoms with Gasteiger partial charge in [-0.1, -0.05) is 51.1 Å². The smallest absolute Gasteiger partial charge is 0.161 e. The van der Waals surface area contributed by atoms with Crippen molar-refractivity contribution in [3.63, 3.8) is 0 Å². The molecule has 0 bridgehead atoms. The maximum absolute atomic E-state index is 6.00. The van der Waals surface area contributed by atoms with E-state index in [0.717, 1.165) is 31.0 Å². The Morgan fingerprint density at radius 1 is 0.880 bits per heavy atom. The molecular weight excluding hydrogens is 310 g/mol. The fraction of sp³-hybridized carbons (Fsp3) is 0.455. The molecule has 3 nitrogen and oxygen atoms in total. The molecule has 0 aromatic heterocycles. The van der Waals surface area contributed by atoms with Gasteiger partial charge in [-0.15, -0.1) is 0 Å². The number of hydrogen-bond donors (Lipinski definition) is 1. The average Bonchev–Trinajstić information content (AvgIpc) is 2.62. The molecule has 25 heavy (non-hydrogen) atoms. The van der Waals surface area contributed by atoms with Gasteiger partial charge in [0.15, 0.2) is 11.5 Å². The van der Waals surface area contributed by atoms with Gasteiger partial charge < -0.3 is 14.8 Å². The van der Waals surface area contributed by atoms with Crippen molar-refractivity contribution in [1.29, 1.82) is 0 Å². The lowest BCUT2D eigenvalue weighted by Gasteiger charge is -2.28. The zero-order valence-electron chi connectivity index (χ0n) is 16.0. The highest BCUT2D eigenvalue weighted by Gasteiger charge is 2.20. The van der Waals surface area contributed by atoms with Crippen LogP contribution >= 0.6 is 0 Å². The standard InChI is InChI=1S/C20H25NO2.C2H6/c1-3-15-5-7-16(8-6-15)14-23-19-10-9-17(18-12-21-13-18)11-20(19)22-4-2;1-2/h5-11,18,21H,3-4,12-14H2,1-2H3;1-2H3. The maximum Gasteiger partial charge on any atom is 0.161 e. The van der Waals surface area contributed by atoms with E-state index in [9.17, 15) is 0 Å². The number of benzene rings is 2. The van der Waals surface area contributed by atoms with Gasteiger partial charge in [0.25, 0.3) is 0 Å². The van der Waals surface area contributed by atoms with E-state index in [4.69, 9.17) is 9.47 Å². The molecule has 0 aliphatic carbocycles. The summed E-state index contributed by atoms with van der Waals surface area (Å²) in [6.07, 6.45) is 1.06. The van der Waals surface area contributed by atoms with Crippen molar-refractivity contribution >= 4 is 0 Å². The third-order valence-electron chi connectivity index (χ3n) is 4.35. The van der Waals surface area contributed by atoms with Crippen LogP contribution in [0.25, 0.3) is 0 Å². The summed E-state index contributed by atoms with van der Waals surface area (Å²) < 4.78 is 11.8. The molecule has 0 amide bonds. The molecule has 1 N–H and O–H groups in total. The van der Waals surface area contributed by atoms with Crippen LogP contribution in [-0.4, -0.2) is 19.7 Å². The fourth-order valence-electron chi connectivity index (χ4n) is 2.72. The first-order chi connectivity index (χ1) is 12.3. The maximum atomic E-state index is 6.00. The number of aryl methyl sites for hydroxylation is 1. The molecule has 136 valence electrons. The van der Waals surface area contributed by atoms with Crippen LogP contribution in [0.1, 0.15) is 50.3 Å². The normalized spacial score (nSPS) is 13.4. The number of hydrogen-bond acceptors (Lipinski definition) is 3. The minimum Gasteiger partial charge on any atom is -0.490 e. The quantitative estimate of drug-likeness (QED) is 0.774. The van der Waals surface area contributed by atoms with Crippen LogP contribution in [0.15, 0.2) is 42.5 Å². The van der Waals surface area contributed by atoms with E-state index in [1.54, 1.807) is 0 Å². The second-order valence-electron chi connectivity index (χ2n) is 5.95. The third-order valence-corrected chi connectivity index (χ3v) is 4.35. The summed E-state index contributed by atoms with van der Waals surface area (Å²) in [5.41, 5.74) is 3.85. The van der Waals surface area contributed by atoms with Gasteiger partial charge in [0.1, 0.15) is 6.61 Å². The van der Waals surface area contributed by atoms with Crippen molar-refractivity contribution in [3.8, 4) is 11.5 Å². The molecule has 0 unspecified atom stereocenters. The first kappa shape index (κ1) is 19.3.